The highest BCUT2D eigenvalue weighted by atomic mass is 32.1. The zero-order valence-electron chi connectivity index (χ0n) is 11.1. The molecule has 0 amide bonds. The number of hydrogen-bond donors (Lipinski definition) is 1. The molecule has 0 aliphatic heterocycles. The minimum atomic E-state index is 0.860. The van der Waals surface area contributed by atoms with Gasteiger partial charge in [-0.2, -0.15) is 0 Å². The summed E-state index contributed by atoms with van der Waals surface area (Å²) < 4.78 is 2.02. The summed E-state index contributed by atoms with van der Waals surface area (Å²) in [6, 6.07) is 20.8. The van der Waals surface area contributed by atoms with Gasteiger partial charge < -0.3 is 0 Å². The van der Waals surface area contributed by atoms with Crippen LogP contribution in [0.1, 0.15) is 25.0 Å². The Morgan fingerprint density at radius 3 is 1.39 bits per heavy atom. The van der Waals surface area contributed by atoms with E-state index in [4.69, 9.17) is 0 Å². The second kappa shape index (κ2) is 8.78. The first-order valence-corrected chi connectivity index (χ1v) is 6.76. The van der Waals surface area contributed by atoms with E-state index in [-0.39, 0.29) is 0 Å². The highest BCUT2D eigenvalue weighted by Gasteiger charge is 2.01. The van der Waals surface area contributed by atoms with E-state index in [1.807, 2.05) is 30.3 Å². The molecular weight excluding hydrogens is 238 g/mol. The number of hydrogen-bond acceptors (Lipinski definition) is 2. The molecule has 0 saturated carbocycles. The van der Waals surface area contributed by atoms with Crippen LogP contribution in [0.3, 0.4) is 0 Å². The van der Waals surface area contributed by atoms with Crippen LogP contribution < -0.4 is 0 Å². The zero-order chi connectivity index (χ0) is 13.2. The summed E-state index contributed by atoms with van der Waals surface area (Å²) in [5.41, 5.74) is 2.57. The topological polar surface area (TPSA) is 3.24 Å². The largest absolute Gasteiger partial charge is 0.244 e. The van der Waals surface area contributed by atoms with Crippen LogP contribution in [0.5, 0.6) is 0 Å². The molecular formula is C16H21NS. The Bertz CT molecular complexity index is 372. The maximum absolute atomic E-state index is 4.49. The SMILES string of the molecule is CC.SN(Cc1ccccc1)Cc1ccccc1. The number of nitrogens with zero attached hydrogens (tertiary/aromatic N) is 1. The van der Waals surface area contributed by atoms with Crippen molar-refractivity contribution in [3.05, 3.63) is 71.8 Å². The van der Waals surface area contributed by atoms with Crippen molar-refractivity contribution in [3.8, 4) is 0 Å². The van der Waals surface area contributed by atoms with Crippen molar-refractivity contribution in [2.45, 2.75) is 26.9 Å². The predicted molar refractivity (Wildman–Crippen MR) is 82.5 cm³/mol. The van der Waals surface area contributed by atoms with Gasteiger partial charge in [-0.3, -0.25) is 0 Å². The van der Waals surface area contributed by atoms with Crippen LogP contribution in [0.25, 0.3) is 0 Å². The number of benzene rings is 2. The van der Waals surface area contributed by atoms with E-state index in [1.165, 1.54) is 11.1 Å². The molecule has 2 aromatic rings. The molecule has 0 N–H and O–H groups in total. The molecule has 1 nitrogen and oxygen atoms in total. The first-order valence-electron chi connectivity index (χ1n) is 6.36. The maximum Gasteiger partial charge on any atom is 0.0342 e. The van der Waals surface area contributed by atoms with E-state index < -0.39 is 0 Å². The van der Waals surface area contributed by atoms with Gasteiger partial charge in [0.2, 0.25) is 0 Å². The minimum Gasteiger partial charge on any atom is -0.244 e. The van der Waals surface area contributed by atoms with E-state index in [1.54, 1.807) is 0 Å². The molecule has 0 aliphatic rings. The Balaban J connectivity index is 0.000000771. The highest BCUT2D eigenvalue weighted by molar-refractivity contribution is 7.77. The second-order valence-corrected chi connectivity index (χ2v) is 4.36. The van der Waals surface area contributed by atoms with Gasteiger partial charge in [0.25, 0.3) is 0 Å². The van der Waals surface area contributed by atoms with Gasteiger partial charge in [0.15, 0.2) is 0 Å². The molecule has 0 heterocycles. The minimum absolute atomic E-state index is 0.860. The summed E-state index contributed by atoms with van der Waals surface area (Å²) in [7, 11) is 0. The molecule has 96 valence electrons. The molecule has 0 bridgehead atoms. The lowest BCUT2D eigenvalue weighted by Gasteiger charge is -2.15. The van der Waals surface area contributed by atoms with E-state index >= 15 is 0 Å². The van der Waals surface area contributed by atoms with Crippen LogP contribution in [-0.2, 0) is 13.1 Å². The van der Waals surface area contributed by atoms with Gasteiger partial charge in [0.05, 0.1) is 0 Å². The monoisotopic (exact) mass is 259 g/mol. The van der Waals surface area contributed by atoms with Crippen molar-refractivity contribution in [2.75, 3.05) is 0 Å². The molecule has 2 aromatic carbocycles. The van der Waals surface area contributed by atoms with E-state index in [0.29, 0.717) is 0 Å². The highest BCUT2D eigenvalue weighted by Crippen LogP contribution is 2.11. The zero-order valence-corrected chi connectivity index (χ0v) is 12.0. The van der Waals surface area contributed by atoms with E-state index in [2.05, 4.69) is 61.3 Å². The summed E-state index contributed by atoms with van der Waals surface area (Å²) in [5, 5.41) is 0. The van der Waals surface area contributed by atoms with Crippen molar-refractivity contribution in [1.29, 1.82) is 0 Å². The Labute approximate surface area is 116 Å². The van der Waals surface area contributed by atoms with Crippen molar-refractivity contribution in [1.82, 2.24) is 4.31 Å². The molecule has 0 aliphatic carbocycles. The molecule has 0 aromatic heterocycles. The Hall–Kier alpha value is -1.25. The molecule has 2 heteroatoms. The van der Waals surface area contributed by atoms with Gasteiger partial charge in [0, 0.05) is 13.1 Å². The third-order valence-electron chi connectivity index (χ3n) is 2.42. The number of thiol groups is 1. The van der Waals surface area contributed by atoms with Crippen molar-refractivity contribution in [3.63, 3.8) is 0 Å². The van der Waals surface area contributed by atoms with Crippen molar-refractivity contribution >= 4 is 12.8 Å². The van der Waals surface area contributed by atoms with Gasteiger partial charge >= 0.3 is 0 Å². The lowest BCUT2D eigenvalue weighted by atomic mass is 10.2. The molecule has 0 unspecified atom stereocenters. The fraction of sp³-hybridized carbons (Fsp3) is 0.250. The van der Waals surface area contributed by atoms with Crippen LogP contribution in [0, 0.1) is 0 Å². The van der Waals surface area contributed by atoms with Crippen LogP contribution in [0.4, 0.5) is 0 Å². The summed E-state index contributed by atoms with van der Waals surface area (Å²) >= 11 is 4.49. The fourth-order valence-electron chi connectivity index (χ4n) is 1.64. The predicted octanol–water partition coefficient (Wildman–Crippen LogP) is 4.56. The van der Waals surface area contributed by atoms with Gasteiger partial charge in [-0.25, -0.2) is 4.31 Å². The van der Waals surface area contributed by atoms with Crippen LogP contribution in [0.15, 0.2) is 60.7 Å². The average molecular weight is 259 g/mol. The maximum atomic E-state index is 4.49. The lowest BCUT2D eigenvalue weighted by Crippen LogP contribution is -2.11. The summed E-state index contributed by atoms with van der Waals surface area (Å²) in [6.45, 7) is 5.72. The molecule has 0 spiro atoms. The molecule has 2 rings (SSSR count). The fourth-order valence-corrected chi connectivity index (χ4v) is 1.97. The number of rotatable bonds is 4. The second-order valence-electron chi connectivity index (χ2n) is 3.79. The Morgan fingerprint density at radius 2 is 1.06 bits per heavy atom. The van der Waals surface area contributed by atoms with Gasteiger partial charge in [-0.15, -0.1) is 0 Å². The third-order valence-corrected chi connectivity index (χ3v) is 2.70. The van der Waals surface area contributed by atoms with Crippen molar-refractivity contribution in [2.24, 2.45) is 0 Å². The van der Waals surface area contributed by atoms with E-state index in [9.17, 15) is 0 Å². The van der Waals surface area contributed by atoms with Crippen molar-refractivity contribution < 1.29 is 0 Å². The molecule has 0 saturated heterocycles. The average Bonchev–Trinajstić information content (AvgIpc) is 2.43. The normalized spacial score (nSPS) is 9.78. The quantitative estimate of drug-likeness (QED) is 0.788. The lowest BCUT2D eigenvalue weighted by molar-refractivity contribution is 0.469. The third kappa shape index (κ3) is 5.39. The molecule has 18 heavy (non-hydrogen) atoms. The first kappa shape index (κ1) is 14.8. The standard InChI is InChI=1S/C14H15NS.C2H6/c16-15(11-13-7-3-1-4-8-13)12-14-9-5-2-6-10-14;1-2/h1-10,16H,11-12H2;1-2H3. The summed E-state index contributed by atoms with van der Waals surface area (Å²) in [6.07, 6.45) is 0. The van der Waals surface area contributed by atoms with Crippen LogP contribution in [-0.4, -0.2) is 4.31 Å². The first-order chi connectivity index (χ1) is 8.84. The summed E-state index contributed by atoms with van der Waals surface area (Å²) in [5.74, 6) is 0. The smallest absolute Gasteiger partial charge is 0.0342 e. The molecule has 0 radical (unpaired) electrons. The van der Waals surface area contributed by atoms with Crippen LogP contribution >= 0.6 is 12.8 Å². The Morgan fingerprint density at radius 1 is 0.722 bits per heavy atom. The summed E-state index contributed by atoms with van der Waals surface area (Å²) in [4.78, 5) is 0. The van der Waals surface area contributed by atoms with Gasteiger partial charge in [0.1, 0.15) is 0 Å². The van der Waals surface area contributed by atoms with Gasteiger partial charge in [-0.05, 0) is 11.1 Å². The van der Waals surface area contributed by atoms with Crippen LogP contribution in [0.2, 0.25) is 0 Å². The van der Waals surface area contributed by atoms with Gasteiger partial charge in [-0.1, -0.05) is 87.3 Å². The van der Waals surface area contributed by atoms with E-state index in [0.717, 1.165) is 13.1 Å². The Kier molecular flexibility index (Phi) is 7.23. The molecule has 0 fully saturated rings. The molecule has 0 atom stereocenters.